The highest BCUT2D eigenvalue weighted by Crippen LogP contribution is 2.28. The molecule has 2 atom stereocenters. The van der Waals surface area contributed by atoms with Gasteiger partial charge in [0, 0.05) is 29.1 Å². The molecule has 1 aliphatic carbocycles. The molecule has 5 rings (SSSR count). The molecule has 220 valence electrons. The van der Waals surface area contributed by atoms with Gasteiger partial charge in [-0.2, -0.15) is 0 Å². The fourth-order valence-corrected chi connectivity index (χ4v) is 5.49. The second-order valence-electron chi connectivity index (χ2n) is 11.5. The van der Waals surface area contributed by atoms with Crippen molar-refractivity contribution in [3.63, 3.8) is 0 Å². The first kappa shape index (κ1) is 29.2. The molecule has 3 aromatic rings. The van der Waals surface area contributed by atoms with Crippen molar-refractivity contribution in [3.05, 3.63) is 71.1 Å². The van der Waals surface area contributed by atoms with Crippen LogP contribution in [-0.4, -0.2) is 57.9 Å². The minimum Gasteiger partial charge on any atom is -0.444 e. The van der Waals surface area contributed by atoms with E-state index in [9.17, 15) is 19.2 Å². The lowest BCUT2D eigenvalue weighted by Crippen LogP contribution is -2.49. The Morgan fingerprint density at radius 3 is 2.38 bits per heavy atom. The number of aromatic nitrogens is 1. The van der Waals surface area contributed by atoms with Gasteiger partial charge in [0.25, 0.3) is 11.8 Å². The number of nitrogens with zero attached hydrogens (tertiary/aromatic N) is 2. The normalized spacial score (nSPS) is 17.3. The highest BCUT2D eigenvalue weighted by atomic mass is 32.1. The van der Waals surface area contributed by atoms with Gasteiger partial charge in [0.1, 0.15) is 17.7 Å². The van der Waals surface area contributed by atoms with Gasteiger partial charge >= 0.3 is 6.09 Å². The fourth-order valence-electron chi connectivity index (χ4n) is 4.77. The first-order valence-corrected chi connectivity index (χ1v) is 15.0. The van der Waals surface area contributed by atoms with Crippen LogP contribution < -0.4 is 16.0 Å². The Balaban J connectivity index is 1.25. The first-order valence-electron chi connectivity index (χ1n) is 14.1. The maximum Gasteiger partial charge on any atom is 0.408 e. The second kappa shape index (κ2) is 12.3. The first-order chi connectivity index (χ1) is 20.1. The maximum atomic E-state index is 13.8. The monoisotopic (exact) mass is 589 g/mol. The number of carbonyl (C=O) groups excluding carboxylic acids is 4. The Hall–Kier alpha value is -4.25. The molecule has 42 heavy (non-hydrogen) atoms. The number of rotatable bonds is 8. The van der Waals surface area contributed by atoms with Gasteiger partial charge in [-0.05, 0) is 64.2 Å². The van der Waals surface area contributed by atoms with Crippen LogP contribution in [0.4, 0.5) is 9.93 Å². The molecule has 3 N–H and O–H groups in total. The molecule has 1 aromatic heterocycles. The lowest BCUT2D eigenvalue weighted by Gasteiger charge is -2.29. The van der Waals surface area contributed by atoms with Crippen molar-refractivity contribution in [1.29, 1.82) is 0 Å². The molecule has 4 amide bonds. The average molecular weight is 590 g/mol. The van der Waals surface area contributed by atoms with E-state index in [4.69, 9.17) is 4.74 Å². The Bertz CT molecular complexity index is 1450. The summed E-state index contributed by atoms with van der Waals surface area (Å²) in [5, 5.41) is 10.8. The smallest absolute Gasteiger partial charge is 0.408 e. The van der Waals surface area contributed by atoms with E-state index in [1.54, 1.807) is 57.2 Å². The van der Waals surface area contributed by atoms with Crippen LogP contribution in [0.3, 0.4) is 0 Å². The van der Waals surface area contributed by atoms with E-state index in [0.29, 0.717) is 47.4 Å². The summed E-state index contributed by atoms with van der Waals surface area (Å²) in [6.45, 7) is 5.64. The summed E-state index contributed by atoms with van der Waals surface area (Å²) < 4.78 is 5.40. The third-order valence-corrected chi connectivity index (χ3v) is 7.73. The minimum atomic E-state index is -1.00. The van der Waals surface area contributed by atoms with Crippen molar-refractivity contribution in [3.8, 4) is 11.3 Å². The zero-order valence-electron chi connectivity index (χ0n) is 23.9. The van der Waals surface area contributed by atoms with E-state index >= 15 is 0 Å². The van der Waals surface area contributed by atoms with Gasteiger partial charge in [-0.15, -0.1) is 11.3 Å². The summed E-state index contributed by atoms with van der Waals surface area (Å²) >= 11 is 1.29. The van der Waals surface area contributed by atoms with E-state index in [2.05, 4.69) is 20.9 Å². The largest absolute Gasteiger partial charge is 0.444 e. The number of hydrogen-bond acceptors (Lipinski definition) is 7. The molecule has 0 bridgehead atoms. The molecule has 0 radical (unpaired) electrons. The highest BCUT2D eigenvalue weighted by molar-refractivity contribution is 7.14. The number of benzene rings is 2. The van der Waals surface area contributed by atoms with Crippen molar-refractivity contribution >= 4 is 40.3 Å². The predicted molar refractivity (Wildman–Crippen MR) is 160 cm³/mol. The standard InChI is InChI=1S/C31H35N5O5S/c1-31(2,3)41-30(40)34-25(20-8-5-4-6-9-20)28(39)36-17-7-10-24(36)27(38)35-29-33-23(18-42-29)19-11-13-21(14-12-19)26(37)32-22-15-16-22/h4-6,8-9,11-14,18,22,24-25H,7,10,15-17H2,1-3H3,(H,32,37)(H,34,40)(H,33,35,38). The zero-order chi connectivity index (χ0) is 29.9. The molecule has 11 heteroatoms. The van der Waals surface area contributed by atoms with Crippen LogP contribution in [-0.2, 0) is 14.3 Å². The molecule has 0 spiro atoms. The Morgan fingerprint density at radius 1 is 1.00 bits per heavy atom. The van der Waals surface area contributed by atoms with Crippen molar-refractivity contribution in [2.45, 2.75) is 70.2 Å². The minimum absolute atomic E-state index is 0.0817. The van der Waals surface area contributed by atoms with Crippen LogP contribution in [0.15, 0.2) is 60.0 Å². The van der Waals surface area contributed by atoms with Gasteiger partial charge < -0.3 is 25.6 Å². The van der Waals surface area contributed by atoms with Crippen LogP contribution in [0.25, 0.3) is 11.3 Å². The molecule has 1 aliphatic heterocycles. The van der Waals surface area contributed by atoms with Gasteiger partial charge in [-0.25, -0.2) is 9.78 Å². The maximum absolute atomic E-state index is 13.8. The van der Waals surface area contributed by atoms with Crippen LogP contribution in [0, 0.1) is 0 Å². The van der Waals surface area contributed by atoms with Crippen molar-refractivity contribution in [2.75, 3.05) is 11.9 Å². The number of nitrogens with one attached hydrogen (secondary N) is 3. The molecule has 2 unspecified atom stereocenters. The van der Waals surface area contributed by atoms with Gasteiger partial charge in [0.2, 0.25) is 5.91 Å². The molecule has 2 aromatic carbocycles. The molecule has 2 fully saturated rings. The van der Waals surface area contributed by atoms with Gasteiger partial charge in [0.05, 0.1) is 5.69 Å². The van der Waals surface area contributed by atoms with Crippen LogP contribution in [0.1, 0.15) is 68.4 Å². The number of thiazole rings is 1. The number of alkyl carbamates (subject to hydrolysis) is 1. The van der Waals surface area contributed by atoms with Crippen LogP contribution in [0.2, 0.25) is 0 Å². The number of carbonyl (C=O) groups is 4. The van der Waals surface area contributed by atoms with Crippen LogP contribution >= 0.6 is 11.3 Å². The van der Waals surface area contributed by atoms with E-state index in [1.165, 1.54) is 16.2 Å². The van der Waals surface area contributed by atoms with Gasteiger partial charge in [-0.1, -0.05) is 42.5 Å². The molecular formula is C31H35N5O5S. The highest BCUT2D eigenvalue weighted by Gasteiger charge is 2.39. The summed E-state index contributed by atoms with van der Waals surface area (Å²) in [7, 11) is 0. The summed E-state index contributed by atoms with van der Waals surface area (Å²) in [4.78, 5) is 58.1. The van der Waals surface area contributed by atoms with Crippen LogP contribution in [0.5, 0.6) is 0 Å². The lowest BCUT2D eigenvalue weighted by molar-refractivity contribution is -0.138. The quantitative estimate of drug-likeness (QED) is 0.343. The molecular weight excluding hydrogens is 554 g/mol. The Labute approximate surface area is 248 Å². The van der Waals surface area contributed by atoms with Crippen molar-refractivity contribution < 1.29 is 23.9 Å². The topological polar surface area (TPSA) is 130 Å². The number of anilines is 1. The zero-order valence-corrected chi connectivity index (χ0v) is 24.7. The molecule has 2 aliphatic rings. The summed E-state index contributed by atoms with van der Waals surface area (Å²) in [6, 6.07) is 14.7. The fraction of sp³-hybridized carbons (Fsp3) is 0.387. The van der Waals surface area contributed by atoms with Gasteiger partial charge in [0.15, 0.2) is 5.13 Å². The number of hydrogen-bond donors (Lipinski definition) is 3. The number of amides is 4. The molecule has 2 heterocycles. The second-order valence-corrected chi connectivity index (χ2v) is 12.4. The Kier molecular flexibility index (Phi) is 8.58. The van der Waals surface area contributed by atoms with Crippen molar-refractivity contribution in [1.82, 2.24) is 20.5 Å². The number of likely N-dealkylation sites (tertiary alicyclic amines) is 1. The molecule has 10 nitrogen and oxygen atoms in total. The van der Waals surface area contributed by atoms with E-state index in [1.807, 2.05) is 23.6 Å². The third kappa shape index (κ3) is 7.33. The Morgan fingerprint density at radius 2 is 1.71 bits per heavy atom. The lowest BCUT2D eigenvalue weighted by atomic mass is 10.0. The predicted octanol–water partition coefficient (Wildman–Crippen LogP) is 4.90. The SMILES string of the molecule is CC(C)(C)OC(=O)NC(C(=O)N1CCCC1C(=O)Nc1nc(-c2ccc(C(=O)NC3CC3)cc2)cs1)c1ccccc1. The van der Waals surface area contributed by atoms with Crippen molar-refractivity contribution in [2.24, 2.45) is 0 Å². The van der Waals surface area contributed by atoms with E-state index in [0.717, 1.165) is 18.4 Å². The summed E-state index contributed by atoms with van der Waals surface area (Å²) in [5.74, 6) is -0.796. The van der Waals surface area contributed by atoms with E-state index < -0.39 is 23.8 Å². The summed E-state index contributed by atoms with van der Waals surface area (Å²) in [5.41, 5.74) is 1.96. The van der Waals surface area contributed by atoms with E-state index in [-0.39, 0.29) is 17.7 Å². The van der Waals surface area contributed by atoms with Gasteiger partial charge in [-0.3, -0.25) is 14.4 Å². The third-order valence-electron chi connectivity index (χ3n) is 6.97. The molecule has 1 saturated heterocycles. The molecule has 1 saturated carbocycles. The average Bonchev–Trinajstić information content (AvgIpc) is 3.42. The number of ether oxygens (including phenoxy) is 1. The summed E-state index contributed by atoms with van der Waals surface area (Å²) in [6.07, 6.45) is 2.49.